The molecular weight excluding hydrogens is 245 g/mol. The summed E-state index contributed by atoms with van der Waals surface area (Å²) in [5.74, 6) is -0.818. The van der Waals surface area contributed by atoms with Crippen LogP contribution in [-0.2, 0) is 0 Å². The van der Waals surface area contributed by atoms with Crippen molar-refractivity contribution in [2.45, 2.75) is 0 Å². The molecule has 0 saturated heterocycles. The molecule has 3 rings (SSSR count). The lowest BCUT2D eigenvalue weighted by Crippen LogP contribution is -2.10. The quantitative estimate of drug-likeness (QED) is 0.738. The van der Waals surface area contributed by atoms with Crippen LogP contribution in [0.25, 0.3) is 22.3 Å². The molecule has 0 aliphatic heterocycles. The van der Waals surface area contributed by atoms with E-state index in [1.165, 1.54) is 12.1 Å². The Hall–Kier alpha value is -2.69. The smallest absolute Gasteiger partial charge is 0.265 e. The molecule has 2 aromatic heterocycles. The summed E-state index contributed by atoms with van der Waals surface area (Å²) < 4.78 is 12.9. The molecule has 0 aliphatic rings. The van der Waals surface area contributed by atoms with Crippen LogP contribution < -0.4 is 5.73 Å². The summed E-state index contributed by atoms with van der Waals surface area (Å²) in [5, 5.41) is 0.805. The van der Waals surface area contributed by atoms with Crippen LogP contribution >= 0.6 is 0 Å². The summed E-state index contributed by atoms with van der Waals surface area (Å²) in [4.78, 5) is 18.3. The fourth-order valence-electron chi connectivity index (χ4n) is 1.92. The van der Waals surface area contributed by atoms with Gasteiger partial charge in [0.2, 0.25) is 0 Å². The number of H-pyrrole nitrogens is 1. The number of pyridine rings is 1. The zero-order valence-electron chi connectivity index (χ0n) is 9.85. The maximum Gasteiger partial charge on any atom is 0.265 e. The van der Waals surface area contributed by atoms with Crippen molar-refractivity contribution in [1.82, 2.24) is 9.97 Å². The van der Waals surface area contributed by atoms with Crippen molar-refractivity contribution < 1.29 is 9.18 Å². The minimum atomic E-state index is -0.527. The van der Waals surface area contributed by atoms with Crippen molar-refractivity contribution in [2.75, 3.05) is 0 Å². The number of nitrogens with two attached hydrogens (primary N) is 1. The van der Waals surface area contributed by atoms with Gasteiger partial charge in [0.05, 0.1) is 5.69 Å². The number of carbonyl (C=O) groups is 1. The van der Waals surface area contributed by atoms with Gasteiger partial charge in [0, 0.05) is 10.9 Å². The maximum absolute atomic E-state index is 12.9. The van der Waals surface area contributed by atoms with Gasteiger partial charge >= 0.3 is 0 Å². The van der Waals surface area contributed by atoms with E-state index < -0.39 is 5.91 Å². The van der Waals surface area contributed by atoms with E-state index >= 15 is 0 Å². The molecule has 94 valence electrons. The van der Waals surface area contributed by atoms with E-state index in [0.29, 0.717) is 17.0 Å². The number of halogens is 1. The van der Waals surface area contributed by atoms with E-state index in [9.17, 15) is 9.18 Å². The second kappa shape index (κ2) is 4.20. The van der Waals surface area contributed by atoms with Gasteiger partial charge in [-0.2, -0.15) is 0 Å². The molecule has 0 fully saturated rings. The SMILES string of the molecule is NC(=O)c1cc2ccc(-c3ccc(F)cc3)nc2[nH]1. The Balaban J connectivity index is 2.10. The third-order valence-electron chi connectivity index (χ3n) is 2.88. The summed E-state index contributed by atoms with van der Waals surface area (Å²) in [5.41, 5.74) is 7.60. The zero-order valence-corrected chi connectivity index (χ0v) is 9.85. The molecule has 2 heterocycles. The number of benzene rings is 1. The van der Waals surface area contributed by atoms with Gasteiger partial charge in [0.25, 0.3) is 5.91 Å². The fourth-order valence-corrected chi connectivity index (χ4v) is 1.92. The number of nitrogens with one attached hydrogen (secondary N) is 1. The largest absolute Gasteiger partial charge is 0.364 e. The molecule has 4 nitrogen and oxygen atoms in total. The van der Waals surface area contributed by atoms with E-state index in [-0.39, 0.29) is 5.82 Å². The predicted molar refractivity (Wildman–Crippen MR) is 70.0 cm³/mol. The monoisotopic (exact) mass is 255 g/mol. The second-order valence-electron chi connectivity index (χ2n) is 4.19. The van der Waals surface area contributed by atoms with E-state index in [0.717, 1.165) is 10.9 Å². The first-order chi connectivity index (χ1) is 9.13. The summed E-state index contributed by atoms with van der Waals surface area (Å²) in [6.07, 6.45) is 0. The maximum atomic E-state index is 12.9. The molecule has 0 unspecified atom stereocenters. The number of primary amides is 1. The number of hydrogen-bond acceptors (Lipinski definition) is 2. The molecule has 3 N–H and O–H groups in total. The van der Waals surface area contributed by atoms with Gasteiger partial charge in [0.1, 0.15) is 17.2 Å². The van der Waals surface area contributed by atoms with Crippen molar-refractivity contribution in [3.8, 4) is 11.3 Å². The van der Waals surface area contributed by atoms with E-state index in [2.05, 4.69) is 9.97 Å². The molecule has 0 spiro atoms. The highest BCUT2D eigenvalue weighted by Crippen LogP contribution is 2.21. The summed E-state index contributed by atoms with van der Waals surface area (Å²) >= 11 is 0. The first-order valence-electron chi connectivity index (χ1n) is 5.69. The van der Waals surface area contributed by atoms with Crippen molar-refractivity contribution in [3.05, 3.63) is 54.0 Å². The Kier molecular flexibility index (Phi) is 2.52. The molecule has 0 atom stereocenters. The van der Waals surface area contributed by atoms with Gasteiger partial charge in [-0.05, 0) is 42.5 Å². The van der Waals surface area contributed by atoms with E-state index in [1.54, 1.807) is 18.2 Å². The number of amides is 1. The number of carbonyl (C=O) groups excluding carboxylic acids is 1. The standard InChI is InChI=1S/C14H10FN3O/c15-10-4-1-8(2-5-10)11-6-3-9-7-12(13(16)19)18-14(9)17-11/h1-7H,(H2,16,19)(H,17,18). The van der Waals surface area contributed by atoms with Crippen molar-refractivity contribution in [3.63, 3.8) is 0 Å². The Labute approximate surface area is 108 Å². The van der Waals surface area contributed by atoms with Crippen LogP contribution in [0, 0.1) is 5.82 Å². The van der Waals surface area contributed by atoms with E-state index in [4.69, 9.17) is 5.73 Å². The van der Waals surface area contributed by atoms with Crippen molar-refractivity contribution in [1.29, 1.82) is 0 Å². The molecule has 0 radical (unpaired) electrons. The number of aromatic nitrogens is 2. The molecular formula is C14H10FN3O. The molecule has 1 amide bonds. The predicted octanol–water partition coefficient (Wildman–Crippen LogP) is 2.47. The highest BCUT2D eigenvalue weighted by atomic mass is 19.1. The van der Waals surface area contributed by atoms with Crippen LogP contribution in [0.3, 0.4) is 0 Å². The van der Waals surface area contributed by atoms with Crippen molar-refractivity contribution in [2.24, 2.45) is 5.73 Å². The van der Waals surface area contributed by atoms with E-state index in [1.807, 2.05) is 12.1 Å². The van der Waals surface area contributed by atoms with Crippen LogP contribution in [0.4, 0.5) is 4.39 Å². The molecule has 3 aromatic rings. The molecule has 0 bridgehead atoms. The van der Waals surface area contributed by atoms with Gasteiger partial charge in [-0.15, -0.1) is 0 Å². The average molecular weight is 255 g/mol. The third-order valence-corrected chi connectivity index (χ3v) is 2.88. The fraction of sp³-hybridized carbons (Fsp3) is 0. The first kappa shape index (κ1) is 11.4. The van der Waals surface area contributed by atoms with Crippen LogP contribution in [-0.4, -0.2) is 15.9 Å². The Bertz CT molecular complexity index is 762. The minimum absolute atomic E-state index is 0.291. The van der Waals surface area contributed by atoms with Crippen LogP contribution in [0.5, 0.6) is 0 Å². The summed E-state index contributed by atoms with van der Waals surface area (Å²) in [7, 11) is 0. The van der Waals surface area contributed by atoms with Gasteiger partial charge in [-0.3, -0.25) is 4.79 Å². The number of rotatable bonds is 2. The minimum Gasteiger partial charge on any atom is -0.364 e. The first-order valence-corrected chi connectivity index (χ1v) is 5.69. The third kappa shape index (κ3) is 2.06. The van der Waals surface area contributed by atoms with Crippen LogP contribution in [0.2, 0.25) is 0 Å². The zero-order chi connectivity index (χ0) is 13.4. The van der Waals surface area contributed by atoms with Crippen LogP contribution in [0.15, 0.2) is 42.5 Å². The van der Waals surface area contributed by atoms with Gasteiger partial charge in [-0.1, -0.05) is 0 Å². The Morgan fingerprint density at radius 1 is 1.16 bits per heavy atom. The second-order valence-corrected chi connectivity index (χ2v) is 4.19. The Morgan fingerprint density at radius 3 is 2.58 bits per heavy atom. The molecule has 5 heteroatoms. The average Bonchev–Trinajstić information content (AvgIpc) is 2.82. The van der Waals surface area contributed by atoms with Gasteiger partial charge in [0.15, 0.2) is 0 Å². The molecule has 1 aromatic carbocycles. The normalized spacial score (nSPS) is 10.8. The molecule has 0 saturated carbocycles. The summed E-state index contributed by atoms with van der Waals surface area (Å²) in [6, 6.07) is 11.4. The lowest BCUT2D eigenvalue weighted by Gasteiger charge is -2.00. The summed E-state index contributed by atoms with van der Waals surface area (Å²) in [6.45, 7) is 0. The lowest BCUT2D eigenvalue weighted by molar-refractivity contribution is 0.0996. The van der Waals surface area contributed by atoms with Crippen LogP contribution in [0.1, 0.15) is 10.5 Å². The van der Waals surface area contributed by atoms with Gasteiger partial charge < -0.3 is 10.7 Å². The topological polar surface area (TPSA) is 71.8 Å². The number of hydrogen-bond donors (Lipinski definition) is 2. The number of nitrogens with zero attached hydrogens (tertiary/aromatic N) is 1. The molecule has 19 heavy (non-hydrogen) atoms. The highest BCUT2D eigenvalue weighted by molar-refractivity contribution is 5.96. The Morgan fingerprint density at radius 2 is 1.89 bits per heavy atom. The van der Waals surface area contributed by atoms with Crippen molar-refractivity contribution >= 4 is 16.9 Å². The highest BCUT2D eigenvalue weighted by Gasteiger charge is 2.08. The number of aromatic amines is 1. The number of fused-ring (bicyclic) bond motifs is 1. The molecule has 0 aliphatic carbocycles. The van der Waals surface area contributed by atoms with Gasteiger partial charge in [-0.25, -0.2) is 9.37 Å². The lowest BCUT2D eigenvalue weighted by atomic mass is 10.1.